The average Bonchev–Trinajstić information content (AvgIpc) is 3.72. The Morgan fingerprint density at radius 3 is 2.60 bits per heavy atom. The first kappa shape index (κ1) is 27.9. The Morgan fingerprint density at radius 2 is 1.88 bits per heavy atom. The molecule has 2 N–H and O–H groups in total. The number of piperidine rings is 2. The molecule has 0 unspecified atom stereocenters. The number of rotatable bonds is 6. The SMILES string of the molecule is C=C1CC[C@H](c2cnc3ccc([C@]4(O)CCN(Cc5ccc(-n6cc(C7CC7)cn6)cc5)CC4(C)C)c(F)c3c2)C(=O)N1. The molecule has 7 nitrogen and oxygen atoms in total. The highest BCUT2D eigenvalue weighted by atomic mass is 19.1. The van der Waals surface area contributed by atoms with E-state index < -0.39 is 22.8 Å². The highest BCUT2D eigenvalue weighted by Gasteiger charge is 2.50. The van der Waals surface area contributed by atoms with E-state index in [-0.39, 0.29) is 5.91 Å². The molecule has 2 saturated heterocycles. The van der Waals surface area contributed by atoms with Crippen LogP contribution in [-0.4, -0.2) is 43.8 Å². The van der Waals surface area contributed by atoms with E-state index >= 15 is 4.39 Å². The first-order valence-corrected chi connectivity index (χ1v) is 15.3. The minimum atomic E-state index is -1.36. The van der Waals surface area contributed by atoms with Crippen LogP contribution in [0.1, 0.15) is 80.0 Å². The lowest BCUT2D eigenvalue weighted by Crippen LogP contribution is -2.55. The highest BCUT2D eigenvalue weighted by molar-refractivity contribution is 5.88. The van der Waals surface area contributed by atoms with Crippen LogP contribution in [0.15, 0.2) is 73.3 Å². The van der Waals surface area contributed by atoms with Gasteiger partial charge >= 0.3 is 0 Å². The van der Waals surface area contributed by atoms with E-state index in [4.69, 9.17) is 0 Å². The van der Waals surface area contributed by atoms with Crippen molar-refractivity contribution in [3.05, 3.63) is 101 Å². The molecule has 1 aliphatic carbocycles. The number of aliphatic hydroxyl groups is 1. The van der Waals surface area contributed by atoms with Crippen LogP contribution < -0.4 is 5.32 Å². The zero-order valence-electron chi connectivity index (χ0n) is 24.8. The van der Waals surface area contributed by atoms with E-state index in [1.54, 1.807) is 24.4 Å². The molecule has 8 heteroatoms. The number of allylic oxidation sites excluding steroid dienone is 1. The van der Waals surface area contributed by atoms with Crippen LogP contribution in [0.4, 0.5) is 4.39 Å². The molecule has 3 fully saturated rings. The minimum absolute atomic E-state index is 0.139. The number of halogens is 1. The Balaban J connectivity index is 1.09. The number of carbonyl (C=O) groups excluding carboxylic acids is 1. The van der Waals surface area contributed by atoms with Gasteiger partial charge in [-0.25, -0.2) is 9.07 Å². The molecule has 4 heterocycles. The van der Waals surface area contributed by atoms with Crippen LogP contribution in [0, 0.1) is 11.2 Å². The number of nitrogens with zero attached hydrogens (tertiary/aromatic N) is 4. The van der Waals surface area contributed by atoms with Gasteiger partial charge in [0.25, 0.3) is 0 Å². The lowest BCUT2D eigenvalue weighted by Gasteiger charge is -2.50. The third-order valence-corrected chi connectivity index (χ3v) is 9.81. The molecule has 0 spiro atoms. The molecule has 4 aromatic rings. The number of nitrogens with one attached hydrogen (secondary N) is 1. The maximum Gasteiger partial charge on any atom is 0.231 e. The van der Waals surface area contributed by atoms with Crippen LogP contribution in [-0.2, 0) is 16.9 Å². The van der Waals surface area contributed by atoms with Crippen LogP contribution in [0.2, 0.25) is 0 Å². The topological polar surface area (TPSA) is 83.3 Å². The molecule has 1 saturated carbocycles. The molecule has 2 aliphatic heterocycles. The zero-order valence-corrected chi connectivity index (χ0v) is 24.8. The third-order valence-electron chi connectivity index (χ3n) is 9.81. The van der Waals surface area contributed by atoms with Gasteiger partial charge in [-0.1, -0.05) is 38.6 Å². The van der Waals surface area contributed by atoms with Gasteiger partial charge in [-0.3, -0.25) is 14.7 Å². The van der Waals surface area contributed by atoms with Crippen molar-refractivity contribution in [2.45, 2.75) is 69.9 Å². The van der Waals surface area contributed by atoms with Gasteiger partial charge in [-0.05, 0) is 79.0 Å². The van der Waals surface area contributed by atoms with Crippen molar-refractivity contribution in [3.8, 4) is 5.69 Å². The molecule has 2 aromatic carbocycles. The summed E-state index contributed by atoms with van der Waals surface area (Å²) in [5, 5.41) is 19.8. The van der Waals surface area contributed by atoms with Crippen molar-refractivity contribution in [3.63, 3.8) is 0 Å². The molecule has 7 rings (SSSR count). The summed E-state index contributed by atoms with van der Waals surface area (Å²) >= 11 is 0. The molecule has 0 bridgehead atoms. The lowest BCUT2D eigenvalue weighted by molar-refractivity contribution is -0.128. The van der Waals surface area contributed by atoms with Gasteiger partial charge in [-0.15, -0.1) is 0 Å². The summed E-state index contributed by atoms with van der Waals surface area (Å²) < 4.78 is 18.2. The van der Waals surface area contributed by atoms with Crippen molar-refractivity contribution >= 4 is 16.8 Å². The van der Waals surface area contributed by atoms with Gasteiger partial charge in [0.1, 0.15) is 5.82 Å². The number of benzene rings is 2. The summed E-state index contributed by atoms with van der Waals surface area (Å²) in [6.07, 6.45) is 9.97. The summed E-state index contributed by atoms with van der Waals surface area (Å²) in [7, 11) is 0. The maximum absolute atomic E-state index is 16.3. The number of likely N-dealkylation sites (tertiary alicyclic amines) is 1. The number of hydrogen-bond acceptors (Lipinski definition) is 5. The smallest absolute Gasteiger partial charge is 0.231 e. The standard InChI is InChI=1S/C35H38FN5O2/c1-22-4-11-28(33(42)39-22)25-16-29-31(37-17-25)13-12-30(32(29)36)35(43)14-15-40(21-34(35,2)3)19-23-5-9-27(10-6-23)41-20-26(18-38-41)24-7-8-24/h5-6,9-10,12-13,16-18,20,24,28,43H,1,4,7-8,11,14-15,19,21H2,2-3H3,(H,39,42)/t28-,35-/m1/s1. The zero-order chi connectivity index (χ0) is 29.9. The summed E-state index contributed by atoms with van der Waals surface area (Å²) in [4.78, 5) is 19.4. The number of pyridine rings is 1. The maximum atomic E-state index is 16.3. The van der Waals surface area contributed by atoms with Crippen molar-refractivity contribution in [1.82, 2.24) is 25.0 Å². The average molecular weight is 580 g/mol. The number of amides is 1. The Morgan fingerprint density at radius 1 is 1.09 bits per heavy atom. The number of carbonyl (C=O) groups is 1. The van der Waals surface area contributed by atoms with Crippen LogP contribution >= 0.6 is 0 Å². The number of aromatic nitrogens is 3. The highest BCUT2D eigenvalue weighted by Crippen LogP contribution is 2.48. The van der Waals surface area contributed by atoms with Crippen molar-refractivity contribution < 1.29 is 14.3 Å². The predicted molar refractivity (Wildman–Crippen MR) is 164 cm³/mol. The summed E-state index contributed by atoms with van der Waals surface area (Å²) in [5.74, 6) is -0.324. The Labute approximate surface area is 251 Å². The Kier molecular flexibility index (Phi) is 6.74. The van der Waals surface area contributed by atoms with Crippen LogP contribution in [0.3, 0.4) is 0 Å². The molecule has 3 aliphatic rings. The van der Waals surface area contributed by atoms with Gasteiger partial charge in [0.2, 0.25) is 5.91 Å². The van der Waals surface area contributed by atoms with Gasteiger partial charge in [0, 0.05) is 54.1 Å². The fourth-order valence-electron chi connectivity index (χ4n) is 6.96. The first-order valence-electron chi connectivity index (χ1n) is 15.3. The van der Waals surface area contributed by atoms with Crippen molar-refractivity contribution in [1.29, 1.82) is 0 Å². The molecule has 222 valence electrons. The molecule has 2 aromatic heterocycles. The third kappa shape index (κ3) is 5.06. The fourth-order valence-corrected chi connectivity index (χ4v) is 6.96. The minimum Gasteiger partial charge on any atom is -0.384 e. The molecular weight excluding hydrogens is 541 g/mol. The van der Waals surface area contributed by atoms with E-state index in [1.165, 1.54) is 24.0 Å². The predicted octanol–water partition coefficient (Wildman–Crippen LogP) is 6.06. The van der Waals surface area contributed by atoms with E-state index in [2.05, 4.69) is 57.3 Å². The van der Waals surface area contributed by atoms with E-state index in [9.17, 15) is 9.90 Å². The van der Waals surface area contributed by atoms with Crippen LogP contribution in [0.25, 0.3) is 16.6 Å². The molecule has 2 atom stereocenters. The van der Waals surface area contributed by atoms with Gasteiger partial charge in [0.05, 0.1) is 28.9 Å². The lowest BCUT2D eigenvalue weighted by atomic mass is 9.66. The molecular formula is C35H38FN5O2. The Hall–Kier alpha value is -3.88. The summed E-state index contributed by atoms with van der Waals surface area (Å²) in [6.45, 7) is 9.85. The second kappa shape index (κ2) is 10.4. The number of hydrogen-bond donors (Lipinski definition) is 2. The van der Waals surface area contributed by atoms with Crippen molar-refractivity contribution in [2.24, 2.45) is 5.41 Å². The van der Waals surface area contributed by atoms with E-state index in [0.29, 0.717) is 66.0 Å². The first-order chi connectivity index (χ1) is 20.6. The van der Waals surface area contributed by atoms with Gasteiger partial charge < -0.3 is 10.4 Å². The fraction of sp³-hybridized carbons (Fsp3) is 0.400. The van der Waals surface area contributed by atoms with E-state index in [1.807, 2.05) is 24.7 Å². The monoisotopic (exact) mass is 579 g/mol. The second-order valence-electron chi connectivity index (χ2n) is 13.3. The van der Waals surface area contributed by atoms with Gasteiger partial charge in [-0.2, -0.15) is 5.10 Å². The quantitative estimate of drug-likeness (QED) is 0.290. The number of fused-ring (bicyclic) bond motifs is 1. The molecule has 1 amide bonds. The second-order valence-corrected chi connectivity index (χ2v) is 13.3. The Bertz CT molecular complexity index is 1720. The summed E-state index contributed by atoms with van der Waals surface area (Å²) in [5.41, 5.74) is 3.74. The van der Waals surface area contributed by atoms with Gasteiger partial charge in [0.15, 0.2) is 0 Å². The summed E-state index contributed by atoms with van der Waals surface area (Å²) in [6, 6.07) is 13.7. The van der Waals surface area contributed by atoms with Crippen LogP contribution in [0.5, 0.6) is 0 Å². The molecule has 0 radical (unpaired) electrons. The normalized spacial score (nSPS) is 24.3. The van der Waals surface area contributed by atoms with Crippen molar-refractivity contribution in [2.75, 3.05) is 13.1 Å². The van der Waals surface area contributed by atoms with E-state index in [0.717, 1.165) is 12.2 Å². The largest absolute Gasteiger partial charge is 0.384 e. The molecule has 43 heavy (non-hydrogen) atoms.